The Kier molecular flexibility index (Phi) is 5.37. The van der Waals surface area contributed by atoms with Crippen molar-refractivity contribution in [3.8, 4) is 6.07 Å². The first-order valence-electron chi connectivity index (χ1n) is 8.07. The Morgan fingerprint density at radius 3 is 2.30 bits per heavy atom. The molecule has 6 nitrogen and oxygen atoms in total. The number of hydrogen-bond donors (Lipinski definition) is 1. The number of primary sulfonamides is 1. The van der Waals surface area contributed by atoms with Gasteiger partial charge in [0.1, 0.15) is 10.9 Å². The van der Waals surface area contributed by atoms with Gasteiger partial charge < -0.3 is 4.90 Å². The van der Waals surface area contributed by atoms with Crippen LogP contribution in [-0.2, 0) is 10.0 Å². The molecule has 0 amide bonds. The van der Waals surface area contributed by atoms with Gasteiger partial charge in [0.05, 0.1) is 23.1 Å². The molecule has 0 aromatic heterocycles. The van der Waals surface area contributed by atoms with Crippen molar-refractivity contribution >= 4 is 33.3 Å². The zero-order valence-corrected chi connectivity index (χ0v) is 16.5. The molecule has 2 aromatic carbocycles. The standard InChI is InChI=1S/C19H18N4O2S2/c1-13-3-7-16(8-4-13)23-12-15(11-20)19(26-2)22-18(23)14-5-9-17(10-6-14)27(21,24)25/h3-10H,12H2,1-2H3,(H2,21,24,25). The van der Waals surface area contributed by atoms with Crippen molar-refractivity contribution in [2.75, 3.05) is 17.7 Å². The Balaban J connectivity index is 2.11. The van der Waals surface area contributed by atoms with Crippen molar-refractivity contribution in [2.24, 2.45) is 10.1 Å². The van der Waals surface area contributed by atoms with Crippen LogP contribution in [0.4, 0.5) is 5.69 Å². The van der Waals surface area contributed by atoms with Crippen LogP contribution in [0.5, 0.6) is 0 Å². The molecule has 0 radical (unpaired) electrons. The van der Waals surface area contributed by atoms with Gasteiger partial charge in [-0.05, 0) is 49.6 Å². The van der Waals surface area contributed by atoms with Gasteiger partial charge in [0.15, 0.2) is 0 Å². The molecule has 0 spiro atoms. The van der Waals surface area contributed by atoms with E-state index in [0.29, 0.717) is 23.0 Å². The second-order valence-electron chi connectivity index (χ2n) is 6.03. The molecule has 0 unspecified atom stereocenters. The van der Waals surface area contributed by atoms with E-state index < -0.39 is 10.0 Å². The molecule has 3 rings (SSSR count). The Hall–Kier alpha value is -2.60. The third-order valence-electron chi connectivity index (χ3n) is 4.15. The number of thioether (sulfide) groups is 1. The third-order valence-corrected chi connectivity index (χ3v) is 5.81. The van der Waals surface area contributed by atoms with Crippen LogP contribution in [0, 0.1) is 18.3 Å². The van der Waals surface area contributed by atoms with E-state index in [1.54, 1.807) is 12.1 Å². The van der Waals surface area contributed by atoms with Crippen molar-refractivity contribution in [2.45, 2.75) is 11.8 Å². The predicted molar refractivity (Wildman–Crippen MR) is 109 cm³/mol. The lowest BCUT2D eigenvalue weighted by Gasteiger charge is -2.30. The van der Waals surface area contributed by atoms with Gasteiger partial charge in [-0.3, -0.25) is 0 Å². The van der Waals surface area contributed by atoms with Gasteiger partial charge in [0, 0.05) is 11.3 Å². The summed E-state index contributed by atoms with van der Waals surface area (Å²) in [6, 6.07) is 16.4. The summed E-state index contributed by atoms with van der Waals surface area (Å²) in [6.07, 6.45) is 1.87. The van der Waals surface area contributed by atoms with Crippen molar-refractivity contribution in [3.05, 3.63) is 70.3 Å². The number of amidine groups is 1. The quantitative estimate of drug-likeness (QED) is 0.853. The van der Waals surface area contributed by atoms with Crippen LogP contribution in [0.15, 0.2) is 69.0 Å². The lowest BCUT2D eigenvalue weighted by Crippen LogP contribution is -2.36. The molecule has 0 aliphatic carbocycles. The minimum atomic E-state index is -3.76. The van der Waals surface area contributed by atoms with Crippen LogP contribution in [0.1, 0.15) is 11.1 Å². The molecule has 0 atom stereocenters. The summed E-state index contributed by atoms with van der Waals surface area (Å²) in [4.78, 5) is 6.67. The normalized spacial score (nSPS) is 14.7. The molecule has 1 aliphatic heterocycles. The fraction of sp³-hybridized carbons (Fsp3) is 0.158. The van der Waals surface area contributed by atoms with E-state index in [2.05, 4.69) is 11.1 Å². The van der Waals surface area contributed by atoms with Gasteiger partial charge in [0.25, 0.3) is 0 Å². The highest BCUT2D eigenvalue weighted by atomic mass is 32.2. The topological polar surface area (TPSA) is 99.5 Å². The lowest BCUT2D eigenvalue weighted by atomic mass is 10.1. The monoisotopic (exact) mass is 398 g/mol. The fourth-order valence-electron chi connectivity index (χ4n) is 2.73. The minimum absolute atomic E-state index is 0.0443. The molecule has 0 saturated carbocycles. The first-order valence-corrected chi connectivity index (χ1v) is 10.8. The number of sulfonamides is 1. The molecule has 1 heterocycles. The summed E-state index contributed by atoms with van der Waals surface area (Å²) in [5.74, 6) is 0.656. The van der Waals surface area contributed by atoms with E-state index in [9.17, 15) is 13.7 Å². The van der Waals surface area contributed by atoms with Gasteiger partial charge >= 0.3 is 0 Å². The number of hydrogen-bond acceptors (Lipinski definition) is 6. The van der Waals surface area contributed by atoms with Gasteiger partial charge in [-0.1, -0.05) is 17.7 Å². The molecular formula is C19H18N4O2S2. The first kappa shape index (κ1) is 19.2. The smallest absolute Gasteiger partial charge is 0.238 e. The van der Waals surface area contributed by atoms with Crippen LogP contribution in [0.2, 0.25) is 0 Å². The molecule has 0 saturated heterocycles. The van der Waals surface area contributed by atoms with E-state index in [1.807, 2.05) is 42.3 Å². The first-order chi connectivity index (χ1) is 12.8. The zero-order valence-electron chi connectivity index (χ0n) is 14.9. The molecule has 0 bridgehead atoms. The summed E-state index contributed by atoms with van der Waals surface area (Å²) in [5.41, 5.74) is 3.37. The van der Waals surface area contributed by atoms with E-state index in [1.165, 1.54) is 23.9 Å². The maximum absolute atomic E-state index is 11.5. The molecular weight excluding hydrogens is 380 g/mol. The number of nitriles is 1. The zero-order chi connectivity index (χ0) is 19.6. The van der Waals surface area contributed by atoms with E-state index in [0.717, 1.165) is 16.8 Å². The summed E-state index contributed by atoms with van der Waals surface area (Å²) >= 11 is 1.41. The fourth-order valence-corrected chi connectivity index (χ4v) is 3.78. The molecule has 2 aromatic rings. The highest BCUT2D eigenvalue weighted by Crippen LogP contribution is 2.30. The minimum Gasteiger partial charge on any atom is -0.321 e. The lowest BCUT2D eigenvalue weighted by molar-refractivity contribution is 0.598. The average molecular weight is 399 g/mol. The van der Waals surface area contributed by atoms with Crippen LogP contribution in [0.3, 0.4) is 0 Å². The SMILES string of the molecule is CSC1=C(C#N)CN(c2ccc(C)cc2)C(c2ccc(S(N)(=O)=O)cc2)=N1. The van der Waals surface area contributed by atoms with Crippen molar-refractivity contribution in [1.82, 2.24) is 0 Å². The Morgan fingerprint density at radius 2 is 1.78 bits per heavy atom. The van der Waals surface area contributed by atoms with Crippen LogP contribution in [-0.4, -0.2) is 27.1 Å². The maximum atomic E-state index is 11.5. The van der Waals surface area contributed by atoms with Crippen LogP contribution >= 0.6 is 11.8 Å². The maximum Gasteiger partial charge on any atom is 0.238 e. The van der Waals surface area contributed by atoms with Crippen LogP contribution in [0.25, 0.3) is 0 Å². The predicted octanol–water partition coefficient (Wildman–Crippen LogP) is 3.01. The largest absolute Gasteiger partial charge is 0.321 e. The number of aliphatic imine (C=N–C) groups is 1. The summed E-state index contributed by atoms with van der Waals surface area (Å²) in [6.45, 7) is 2.40. The number of nitrogens with zero attached hydrogens (tertiary/aromatic N) is 3. The highest BCUT2D eigenvalue weighted by molar-refractivity contribution is 8.02. The van der Waals surface area contributed by atoms with E-state index in [-0.39, 0.29) is 4.90 Å². The molecule has 138 valence electrons. The number of anilines is 1. The second-order valence-corrected chi connectivity index (χ2v) is 8.38. The summed E-state index contributed by atoms with van der Waals surface area (Å²) < 4.78 is 23.0. The molecule has 0 fully saturated rings. The second kappa shape index (κ2) is 7.56. The van der Waals surface area contributed by atoms with Crippen LogP contribution < -0.4 is 10.0 Å². The summed E-state index contributed by atoms with van der Waals surface area (Å²) in [7, 11) is -3.76. The third kappa shape index (κ3) is 4.06. The molecule has 1 aliphatic rings. The number of benzene rings is 2. The average Bonchev–Trinajstić information content (AvgIpc) is 2.67. The van der Waals surface area contributed by atoms with E-state index in [4.69, 9.17) is 5.14 Å². The Bertz CT molecular complexity index is 1060. The number of aryl methyl sites for hydroxylation is 1. The van der Waals surface area contributed by atoms with Crippen molar-refractivity contribution in [1.29, 1.82) is 5.26 Å². The Labute approximate surface area is 163 Å². The molecule has 27 heavy (non-hydrogen) atoms. The van der Waals surface area contributed by atoms with Crippen molar-refractivity contribution in [3.63, 3.8) is 0 Å². The van der Waals surface area contributed by atoms with Gasteiger partial charge in [0.2, 0.25) is 10.0 Å². The van der Waals surface area contributed by atoms with Crippen molar-refractivity contribution < 1.29 is 8.42 Å². The Morgan fingerprint density at radius 1 is 1.15 bits per heavy atom. The number of rotatable bonds is 4. The van der Waals surface area contributed by atoms with Gasteiger partial charge in [-0.15, -0.1) is 11.8 Å². The number of nitrogens with two attached hydrogens (primary N) is 1. The molecule has 2 N–H and O–H groups in total. The van der Waals surface area contributed by atoms with Gasteiger partial charge in [-0.2, -0.15) is 5.26 Å². The highest BCUT2D eigenvalue weighted by Gasteiger charge is 2.24. The van der Waals surface area contributed by atoms with Gasteiger partial charge in [-0.25, -0.2) is 18.5 Å². The van der Waals surface area contributed by atoms with E-state index >= 15 is 0 Å². The summed E-state index contributed by atoms with van der Waals surface area (Å²) in [5, 5.41) is 15.3. The molecule has 8 heteroatoms.